The van der Waals surface area contributed by atoms with Crippen LogP contribution in [0.1, 0.15) is 50.7 Å². The summed E-state index contributed by atoms with van der Waals surface area (Å²) in [5.41, 5.74) is 0.617. The minimum absolute atomic E-state index is 0.155. The van der Waals surface area contributed by atoms with Crippen LogP contribution in [-0.4, -0.2) is 28.2 Å². The number of aliphatic hydroxyl groups is 1. The summed E-state index contributed by atoms with van der Waals surface area (Å²) in [4.78, 5) is 2.49. The van der Waals surface area contributed by atoms with E-state index in [4.69, 9.17) is 4.74 Å². The van der Waals surface area contributed by atoms with Crippen LogP contribution in [0.2, 0.25) is 0 Å². The van der Waals surface area contributed by atoms with Gasteiger partial charge in [-0.2, -0.15) is 0 Å². The van der Waals surface area contributed by atoms with Crippen molar-refractivity contribution >= 4 is 0 Å². The first kappa shape index (κ1) is 18.5. The van der Waals surface area contributed by atoms with E-state index in [0.717, 1.165) is 25.1 Å². The molecule has 2 bridgehead atoms. The second-order valence-electron chi connectivity index (χ2n) is 8.29. The van der Waals surface area contributed by atoms with Gasteiger partial charge in [0, 0.05) is 24.2 Å². The van der Waals surface area contributed by atoms with Gasteiger partial charge in [-0.25, -0.2) is 4.39 Å². The Kier molecular flexibility index (Phi) is 4.95. The molecule has 2 fully saturated rings. The largest absolute Gasteiger partial charge is 0.491 e. The van der Waals surface area contributed by atoms with E-state index in [1.807, 2.05) is 32.0 Å². The zero-order valence-corrected chi connectivity index (χ0v) is 16.1. The van der Waals surface area contributed by atoms with Gasteiger partial charge in [-0.05, 0) is 63.3 Å². The molecule has 0 radical (unpaired) electrons. The number of fused-ring (bicyclic) bond motifs is 2. The first-order valence-electron chi connectivity index (χ1n) is 9.93. The highest BCUT2D eigenvalue weighted by molar-refractivity contribution is 5.30. The average molecular weight is 369 g/mol. The second kappa shape index (κ2) is 7.25. The molecule has 3 nitrogen and oxygen atoms in total. The lowest BCUT2D eigenvalue weighted by Gasteiger charge is -2.44. The van der Waals surface area contributed by atoms with Crippen LogP contribution >= 0.6 is 0 Å². The molecule has 2 aromatic carbocycles. The van der Waals surface area contributed by atoms with E-state index in [1.54, 1.807) is 12.1 Å². The van der Waals surface area contributed by atoms with Gasteiger partial charge in [-0.1, -0.05) is 30.3 Å². The van der Waals surface area contributed by atoms with Crippen molar-refractivity contribution in [3.8, 4) is 5.75 Å². The fourth-order valence-electron chi connectivity index (χ4n) is 4.83. The SMILES string of the molecule is CC(C)Oc1cccc(CN2C3CCC2CC(O)(c2ccccc2F)C3)c1. The summed E-state index contributed by atoms with van der Waals surface area (Å²) in [6.07, 6.45) is 3.45. The van der Waals surface area contributed by atoms with Crippen LogP contribution < -0.4 is 4.74 Å². The van der Waals surface area contributed by atoms with Crippen molar-refractivity contribution in [2.24, 2.45) is 0 Å². The molecule has 0 spiro atoms. The van der Waals surface area contributed by atoms with Crippen LogP contribution in [0.15, 0.2) is 48.5 Å². The fourth-order valence-corrected chi connectivity index (χ4v) is 4.83. The van der Waals surface area contributed by atoms with Gasteiger partial charge in [0.25, 0.3) is 0 Å². The van der Waals surface area contributed by atoms with Gasteiger partial charge < -0.3 is 9.84 Å². The summed E-state index contributed by atoms with van der Waals surface area (Å²) in [7, 11) is 0. The van der Waals surface area contributed by atoms with Crippen molar-refractivity contribution in [2.75, 3.05) is 0 Å². The zero-order valence-electron chi connectivity index (χ0n) is 16.1. The minimum atomic E-state index is -1.06. The number of ether oxygens (including phenoxy) is 1. The molecule has 0 saturated carbocycles. The van der Waals surface area contributed by atoms with E-state index >= 15 is 0 Å². The Bertz CT molecular complexity index is 792. The molecule has 1 N–H and O–H groups in total. The molecular formula is C23H28FNO2. The Labute approximate surface area is 160 Å². The lowest BCUT2D eigenvalue weighted by atomic mass is 9.80. The Morgan fingerprint density at radius 3 is 2.48 bits per heavy atom. The molecule has 2 atom stereocenters. The Hall–Kier alpha value is -1.91. The van der Waals surface area contributed by atoms with E-state index in [1.165, 1.54) is 11.6 Å². The van der Waals surface area contributed by atoms with Gasteiger partial charge in [0.15, 0.2) is 0 Å². The van der Waals surface area contributed by atoms with Crippen molar-refractivity contribution < 1.29 is 14.2 Å². The van der Waals surface area contributed by atoms with Gasteiger partial charge in [0.05, 0.1) is 11.7 Å². The van der Waals surface area contributed by atoms with Crippen molar-refractivity contribution in [3.63, 3.8) is 0 Å². The van der Waals surface area contributed by atoms with Crippen LogP contribution in [0.4, 0.5) is 4.39 Å². The Balaban J connectivity index is 1.51. The highest BCUT2D eigenvalue weighted by Crippen LogP contribution is 2.46. The van der Waals surface area contributed by atoms with Crippen LogP contribution in [0.25, 0.3) is 0 Å². The number of nitrogens with zero attached hydrogens (tertiary/aromatic N) is 1. The monoisotopic (exact) mass is 369 g/mol. The van der Waals surface area contributed by atoms with Crippen LogP contribution in [0.3, 0.4) is 0 Å². The predicted molar refractivity (Wildman–Crippen MR) is 104 cm³/mol. The number of halogens is 1. The van der Waals surface area contributed by atoms with Gasteiger partial charge in [-0.15, -0.1) is 0 Å². The number of hydrogen-bond acceptors (Lipinski definition) is 3. The molecule has 0 aromatic heterocycles. The lowest BCUT2D eigenvalue weighted by molar-refractivity contribution is -0.0615. The van der Waals surface area contributed by atoms with Gasteiger partial charge in [0.2, 0.25) is 0 Å². The molecular weight excluding hydrogens is 341 g/mol. The molecule has 4 heteroatoms. The van der Waals surface area contributed by atoms with Crippen LogP contribution in [0, 0.1) is 5.82 Å². The van der Waals surface area contributed by atoms with E-state index < -0.39 is 5.60 Å². The van der Waals surface area contributed by atoms with Crippen LogP contribution in [-0.2, 0) is 12.1 Å². The van der Waals surface area contributed by atoms with Crippen molar-refractivity contribution in [2.45, 2.75) is 69.9 Å². The average Bonchev–Trinajstić information content (AvgIpc) is 2.86. The summed E-state index contributed by atoms with van der Waals surface area (Å²) >= 11 is 0. The molecule has 2 aliphatic rings. The molecule has 2 saturated heterocycles. The number of piperidine rings is 1. The number of rotatable bonds is 5. The van der Waals surface area contributed by atoms with Crippen molar-refractivity contribution in [1.29, 1.82) is 0 Å². The summed E-state index contributed by atoms with van der Waals surface area (Å²) in [5.74, 6) is 0.598. The standard InChI is InChI=1S/C23H28FNO2/c1-16(2)27-20-7-5-6-17(12-20)15-25-18-10-11-19(25)14-23(26,13-18)21-8-3-4-9-22(21)24/h3-9,12,16,18-19,26H,10-11,13-15H2,1-2H3. The summed E-state index contributed by atoms with van der Waals surface area (Å²) in [6.45, 7) is 4.90. The van der Waals surface area contributed by atoms with Crippen LogP contribution in [0.5, 0.6) is 5.75 Å². The second-order valence-corrected chi connectivity index (χ2v) is 8.29. The van der Waals surface area contributed by atoms with E-state index in [-0.39, 0.29) is 24.0 Å². The molecule has 0 amide bonds. The normalized spacial score (nSPS) is 27.9. The smallest absolute Gasteiger partial charge is 0.129 e. The van der Waals surface area contributed by atoms with Gasteiger partial charge in [-0.3, -0.25) is 4.90 Å². The molecule has 2 aliphatic heterocycles. The summed E-state index contributed by atoms with van der Waals surface area (Å²) in [6, 6.07) is 15.5. The highest BCUT2D eigenvalue weighted by Gasteiger charge is 2.48. The Morgan fingerprint density at radius 2 is 1.81 bits per heavy atom. The topological polar surface area (TPSA) is 32.7 Å². The number of hydrogen-bond donors (Lipinski definition) is 1. The zero-order chi connectivity index (χ0) is 19.0. The first-order valence-corrected chi connectivity index (χ1v) is 9.93. The Morgan fingerprint density at radius 1 is 1.11 bits per heavy atom. The van der Waals surface area contributed by atoms with Gasteiger partial charge in [0.1, 0.15) is 11.6 Å². The van der Waals surface area contributed by atoms with Crippen molar-refractivity contribution in [1.82, 2.24) is 4.90 Å². The fraction of sp³-hybridized carbons (Fsp3) is 0.478. The third kappa shape index (κ3) is 3.74. The van der Waals surface area contributed by atoms with E-state index in [0.29, 0.717) is 18.4 Å². The van der Waals surface area contributed by atoms with E-state index in [2.05, 4.69) is 17.0 Å². The molecule has 2 heterocycles. The molecule has 144 valence electrons. The third-order valence-electron chi connectivity index (χ3n) is 5.93. The highest BCUT2D eigenvalue weighted by atomic mass is 19.1. The van der Waals surface area contributed by atoms with Crippen molar-refractivity contribution in [3.05, 3.63) is 65.5 Å². The number of benzene rings is 2. The first-order chi connectivity index (χ1) is 12.9. The maximum absolute atomic E-state index is 14.3. The summed E-state index contributed by atoms with van der Waals surface area (Å²) < 4.78 is 20.1. The predicted octanol–water partition coefficient (Wildman–Crippen LogP) is 4.63. The maximum atomic E-state index is 14.3. The molecule has 27 heavy (non-hydrogen) atoms. The summed E-state index contributed by atoms with van der Waals surface area (Å²) in [5, 5.41) is 11.2. The molecule has 0 aliphatic carbocycles. The quantitative estimate of drug-likeness (QED) is 0.834. The molecule has 2 aromatic rings. The van der Waals surface area contributed by atoms with Gasteiger partial charge >= 0.3 is 0 Å². The minimum Gasteiger partial charge on any atom is -0.491 e. The lowest BCUT2D eigenvalue weighted by Crippen LogP contribution is -2.49. The molecule has 4 rings (SSSR count). The van der Waals surface area contributed by atoms with E-state index in [9.17, 15) is 9.50 Å². The maximum Gasteiger partial charge on any atom is 0.129 e. The third-order valence-corrected chi connectivity index (χ3v) is 5.93. The molecule has 2 unspecified atom stereocenters.